The van der Waals surface area contributed by atoms with Crippen molar-refractivity contribution in [1.82, 2.24) is 0 Å². The monoisotopic (exact) mass is 331 g/mol. The smallest absolute Gasteiger partial charge is 0.399 e. The zero-order valence-electron chi connectivity index (χ0n) is 12.5. The Morgan fingerprint density at radius 1 is 1.10 bits per heavy atom. The van der Waals surface area contributed by atoms with Crippen LogP contribution in [0.2, 0.25) is 0 Å². The Morgan fingerprint density at radius 2 is 1.57 bits per heavy atom. The van der Waals surface area contributed by atoms with E-state index in [-0.39, 0.29) is 0 Å². The number of sulfonamides is 1. The standard InChI is InChI=1S/C13H19BClNO4S/c1-12(2)13(3,4)20-14(19-12)10-5-7-11(8-6-10)16-21(17,18)9-15/h5-8,16H,9H2,1-4H3. The van der Waals surface area contributed by atoms with Gasteiger partial charge in [0, 0.05) is 5.69 Å². The van der Waals surface area contributed by atoms with Gasteiger partial charge >= 0.3 is 7.12 Å². The van der Waals surface area contributed by atoms with Crippen molar-refractivity contribution in [2.45, 2.75) is 38.9 Å². The van der Waals surface area contributed by atoms with E-state index in [4.69, 9.17) is 20.9 Å². The average Bonchev–Trinajstić information content (AvgIpc) is 2.59. The molecule has 2 rings (SSSR count). The van der Waals surface area contributed by atoms with Crippen molar-refractivity contribution >= 4 is 39.9 Å². The van der Waals surface area contributed by atoms with Gasteiger partial charge in [-0.25, -0.2) is 8.42 Å². The number of anilines is 1. The van der Waals surface area contributed by atoms with Crippen molar-refractivity contribution < 1.29 is 17.7 Å². The predicted octanol–water partition coefficient (Wildman–Crippen LogP) is 1.92. The lowest BCUT2D eigenvalue weighted by molar-refractivity contribution is 0.00578. The Labute approximate surface area is 131 Å². The van der Waals surface area contributed by atoms with Crippen molar-refractivity contribution in [3.63, 3.8) is 0 Å². The van der Waals surface area contributed by atoms with Crippen LogP contribution in [0.15, 0.2) is 24.3 Å². The molecular weight excluding hydrogens is 312 g/mol. The Morgan fingerprint density at radius 3 is 2.00 bits per heavy atom. The number of benzene rings is 1. The summed E-state index contributed by atoms with van der Waals surface area (Å²) in [6.07, 6.45) is 0. The molecule has 8 heteroatoms. The van der Waals surface area contributed by atoms with Crippen molar-refractivity contribution in [2.75, 3.05) is 9.93 Å². The lowest BCUT2D eigenvalue weighted by atomic mass is 9.79. The number of rotatable bonds is 4. The summed E-state index contributed by atoms with van der Waals surface area (Å²) in [5.74, 6) is 0. The fourth-order valence-electron chi connectivity index (χ4n) is 1.89. The summed E-state index contributed by atoms with van der Waals surface area (Å²) in [5.41, 5.74) is 0.478. The Kier molecular flexibility index (Phi) is 4.32. The summed E-state index contributed by atoms with van der Waals surface area (Å²) < 4.78 is 37.0. The molecule has 1 heterocycles. The Hall–Kier alpha value is -0.755. The second-order valence-corrected chi connectivity index (χ2v) is 8.34. The van der Waals surface area contributed by atoms with Crippen LogP contribution in [-0.2, 0) is 19.3 Å². The van der Waals surface area contributed by atoms with E-state index in [1.165, 1.54) is 0 Å². The van der Waals surface area contributed by atoms with Gasteiger partial charge in [0.1, 0.15) is 5.21 Å². The van der Waals surface area contributed by atoms with Crippen LogP contribution in [0.3, 0.4) is 0 Å². The molecule has 1 aromatic rings. The molecule has 0 radical (unpaired) electrons. The SMILES string of the molecule is CC1(C)OB(c2ccc(NS(=O)(=O)CCl)cc2)OC1(C)C. The molecule has 5 nitrogen and oxygen atoms in total. The third kappa shape index (κ3) is 3.53. The van der Waals surface area contributed by atoms with Crippen LogP contribution >= 0.6 is 11.6 Å². The van der Waals surface area contributed by atoms with Gasteiger partial charge in [0.25, 0.3) is 0 Å². The van der Waals surface area contributed by atoms with Gasteiger partial charge in [-0.3, -0.25) is 4.72 Å². The van der Waals surface area contributed by atoms with Gasteiger partial charge in [0.05, 0.1) is 11.2 Å². The van der Waals surface area contributed by atoms with Crippen LogP contribution in [0.5, 0.6) is 0 Å². The normalized spacial score (nSPS) is 20.5. The molecule has 1 fully saturated rings. The molecule has 0 bridgehead atoms. The second-order valence-electron chi connectivity index (χ2n) is 6.04. The highest BCUT2D eigenvalue weighted by atomic mass is 35.5. The van der Waals surface area contributed by atoms with Gasteiger partial charge in [-0.15, -0.1) is 11.6 Å². The second kappa shape index (κ2) is 5.46. The third-order valence-corrected chi connectivity index (χ3v) is 5.55. The molecule has 1 aliphatic rings. The molecule has 21 heavy (non-hydrogen) atoms. The third-order valence-electron chi connectivity index (χ3n) is 3.85. The van der Waals surface area contributed by atoms with Crippen LogP contribution < -0.4 is 10.2 Å². The lowest BCUT2D eigenvalue weighted by Gasteiger charge is -2.32. The van der Waals surface area contributed by atoms with E-state index in [0.29, 0.717) is 5.69 Å². The summed E-state index contributed by atoms with van der Waals surface area (Å²) >= 11 is 5.35. The number of hydrogen-bond acceptors (Lipinski definition) is 4. The highest BCUT2D eigenvalue weighted by molar-refractivity contribution is 7.93. The van der Waals surface area contributed by atoms with Gasteiger partial charge < -0.3 is 9.31 Å². The van der Waals surface area contributed by atoms with Crippen LogP contribution in [0, 0.1) is 0 Å². The first-order valence-corrected chi connectivity index (χ1v) is 8.77. The molecule has 0 aliphatic carbocycles. The maximum absolute atomic E-state index is 11.4. The van der Waals surface area contributed by atoms with Crippen LogP contribution in [0.1, 0.15) is 27.7 Å². The van der Waals surface area contributed by atoms with Gasteiger partial charge in [0.2, 0.25) is 10.0 Å². The fraction of sp³-hybridized carbons (Fsp3) is 0.538. The zero-order chi connectivity index (χ0) is 15.9. The zero-order valence-corrected chi connectivity index (χ0v) is 14.1. The van der Waals surface area contributed by atoms with Gasteiger partial charge in [-0.05, 0) is 45.3 Å². The molecule has 1 N–H and O–H groups in total. The van der Waals surface area contributed by atoms with Crippen LogP contribution in [0.25, 0.3) is 0 Å². The number of hydrogen-bond donors (Lipinski definition) is 1. The van der Waals surface area contributed by atoms with Gasteiger partial charge in [-0.2, -0.15) is 0 Å². The van der Waals surface area contributed by atoms with Crippen molar-refractivity contribution in [3.05, 3.63) is 24.3 Å². The number of nitrogens with one attached hydrogen (secondary N) is 1. The van der Waals surface area contributed by atoms with E-state index in [0.717, 1.165) is 5.46 Å². The van der Waals surface area contributed by atoms with E-state index in [1.807, 2.05) is 27.7 Å². The summed E-state index contributed by atoms with van der Waals surface area (Å²) in [6, 6.07) is 6.86. The van der Waals surface area contributed by atoms with Crippen molar-refractivity contribution in [3.8, 4) is 0 Å². The highest BCUT2D eigenvalue weighted by Gasteiger charge is 2.51. The van der Waals surface area contributed by atoms with E-state index in [2.05, 4.69) is 4.72 Å². The first kappa shape index (κ1) is 16.6. The van der Waals surface area contributed by atoms with Crippen molar-refractivity contribution in [1.29, 1.82) is 0 Å². The molecule has 0 amide bonds. The summed E-state index contributed by atoms with van der Waals surface area (Å²) in [4.78, 5) is 0. The molecule has 0 saturated carbocycles. The van der Waals surface area contributed by atoms with E-state index >= 15 is 0 Å². The molecule has 0 unspecified atom stereocenters. The topological polar surface area (TPSA) is 64.6 Å². The summed E-state index contributed by atoms with van der Waals surface area (Å²) in [7, 11) is -3.95. The molecule has 1 aliphatic heterocycles. The Bertz CT molecular complexity index is 600. The molecule has 0 aromatic heterocycles. The quantitative estimate of drug-likeness (QED) is 0.676. The summed E-state index contributed by atoms with van der Waals surface area (Å²) in [5, 5.41) is -0.480. The minimum absolute atomic E-state index is 0.406. The molecular formula is C13H19BClNO4S. The molecule has 1 saturated heterocycles. The maximum Gasteiger partial charge on any atom is 0.494 e. The molecule has 0 atom stereocenters. The largest absolute Gasteiger partial charge is 0.494 e. The molecule has 0 spiro atoms. The van der Waals surface area contributed by atoms with Gasteiger partial charge in [-0.1, -0.05) is 12.1 Å². The molecule has 1 aromatic carbocycles. The fourth-order valence-corrected chi connectivity index (χ4v) is 2.61. The first-order valence-electron chi connectivity index (χ1n) is 6.58. The average molecular weight is 332 g/mol. The van der Waals surface area contributed by atoms with Crippen LogP contribution in [-0.4, -0.2) is 32.0 Å². The van der Waals surface area contributed by atoms with Gasteiger partial charge in [0.15, 0.2) is 0 Å². The van der Waals surface area contributed by atoms with E-state index in [1.54, 1.807) is 24.3 Å². The minimum Gasteiger partial charge on any atom is -0.399 e. The lowest BCUT2D eigenvalue weighted by Crippen LogP contribution is -2.41. The van der Waals surface area contributed by atoms with Crippen LogP contribution in [0.4, 0.5) is 5.69 Å². The predicted molar refractivity (Wildman–Crippen MR) is 85.4 cm³/mol. The van der Waals surface area contributed by atoms with E-state index < -0.39 is 33.6 Å². The number of halogens is 1. The van der Waals surface area contributed by atoms with E-state index in [9.17, 15) is 8.42 Å². The Balaban J connectivity index is 2.14. The minimum atomic E-state index is -3.49. The number of alkyl halides is 1. The first-order chi connectivity index (χ1) is 9.56. The van der Waals surface area contributed by atoms with Crippen molar-refractivity contribution in [2.24, 2.45) is 0 Å². The summed E-state index contributed by atoms with van der Waals surface area (Å²) in [6.45, 7) is 7.93. The maximum atomic E-state index is 11.4. The molecule has 116 valence electrons. The highest BCUT2D eigenvalue weighted by Crippen LogP contribution is 2.36.